The van der Waals surface area contributed by atoms with E-state index in [-0.39, 0.29) is 0 Å². The van der Waals surface area contributed by atoms with E-state index in [1.807, 2.05) is 6.92 Å². The van der Waals surface area contributed by atoms with Gasteiger partial charge in [0.05, 0.1) is 5.60 Å². The minimum Gasteiger partial charge on any atom is -0.389 e. The number of aliphatic hydroxyl groups is 1. The summed E-state index contributed by atoms with van der Waals surface area (Å²) in [5, 5.41) is 14.1. The van der Waals surface area contributed by atoms with Crippen LogP contribution in [0.1, 0.15) is 58.8 Å². The van der Waals surface area contributed by atoms with Crippen molar-refractivity contribution in [1.29, 1.82) is 0 Å². The lowest BCUT2D eigenvalue weighted by molar-refractivity contribution is -0.000625. The highest BCUT2D eigenvalue weighted by Crippen LogP contribution is 2.34. The van der Waals surface area contributed by atoms with Crippen LogP contribution < -0.4 is 5.32 Å². The molecule has 0 spiro atoms. The zero-order chi connectivity index (χ0) is 11.6. The van der Waals surface area contributed by atoms with Gasteiger partial charge in [-0.15, -0.1) is 0 Å². The second kappa shape index (κ2) is 5.05. The van der Waals surface area contributed by atoms with Gasteiger partial charge in [-0.3, -0.25) is 0 Å². The molecule has 2 fully saturated rings. The van der Waals surface area contributed by atoms with Crippen LogP contribution in [0.2, 0.25) is 0 Å². The van der Waals surface area contributed by atoms with E-state index < -0.39 is 5.60 Å². The van der Waals surface area contributed by atoms with Crippen molar-refractivity contribution < 1.29 is 5.11 Å². The molecule has 0 aromatic heterocycles. The van der Waals surface area contributed by atoms with Crippen LogP contribution in [0, 0.1) is 11.8 Å². The Hall–Kier alpha value is -0.0800. The predicted molar refractivity (Wildman–Crippen MR) is 67.4 cm³/mol. The third-order valence-corrected chi connectivity index (χ3v) is 4.82. The Morgan fingerprint density at radius 2 is 1.81 bits per heavy atom. The highest BCUT2D eigenvalue weighted by molar-refractivity contribution is 4.90. The van der Waals surface area contributed by atoms with Crippen molar-refractivity contribution in [1.82, 2.24) is 5.32 Å². The van der Waals surface area contributed by atoms with E-state index in [0.29, 0.717) is 12.0 Å². The van der Waals surface area contributed by atoms with Crippen LogP contribution in [0.25, 0.3) is 0 Å². The van der Waals surface area contributed by atoms with E-state index >= 15 is 0 Å². The molecule has 0 bridgehead atoms. The van der Waals surface area contributed by atoms with Crippen molar-refractivity contribution in [2.24, 2.45) is 11.8 Å². The molecule has 2 heteroatoms. The predicted octanol–water partition coefficient (Wildman–Crippen LogP) is 2.71. The summed E-state index contributed by atoms with van der Waals surface area (Å²) in [4.78, 5) is 0. The molecule has 94 valence electrons. The second-order valence-corrected chi connectivity index (χ2v) is 6.23. The smallest absolute Gasteiger partial charge is 0.0771 e. The first-order valence-corrected chi connectivity index (χ1v) is 7.05. The van der Waals surface area contributed by atoms with Crippen molar-refractivity contribution in [3.8, 4) is 0 Å². The average molecular weight is 225 g/mol. The van der Waals surface area contributed by atoms with Gasteiger partial charge in [-0.05, 0) is 44.4 Å². The molecule has 2 aliphatic rings. The van der Waals surface area contributed by atoms with E-state index in [9.17, 15) is 5.11 Å². The third kappa shape index (κ3) is 2.78. The first-order chi connectivity index (χ1) is 7.59. The van der Waals surface area contributed by atoms with Crippen LogP contribution in [-0.4, -0.2) is 23.3 Å². The van der Waals surface area contributed by atoms with Gasteiger partial charge in [-0.1, -0.05) is 26.2 Å². The summed E-state index contributed by atoms with van der Waals surface area (Å²) in [6.45, 7) is 5.14. The highest BCUT2D eigenvalue weighted by atomic mass is 16.3. The topological polar surface area (TPSA) is 32.3 Å². The molecule has 0 heterocycles. The number of hydrogen-bond donors (Lipinski definition) is 2. The monoisotopic (exact) mass is 225 g/mol. The molecule has 0 aromatic carbocycles. The Bertz CT molecular complexity index is 221. The van der Waals surface area contributed by atoms with Gasteiger partial charge in [0.1, 0.15) is 0 Å². The second-order valence-electron chi connectivity index (χ2n) is 6.23. The van der Waals surface area contributed by atoms with E-state index in [1.165, 1.54) is 44.9 Å². The van der Waals surface area contributed by atoms with Crippen LogP contribution in [-0.2, 0) is 0 Å². The Balaban J connectivity index is 1.79. The summed E-state index contributed by atoms with van der Waals surface area (Å²) in [6, 6.07) is 0.646. The molecular formula is C14H27NO. The van der Waals surface area contributed by atoms with Gasteiger partial charge < -0.3 is 10.4 Å². The van der Waals surface area contributed by atoms with Crippen LogP contribution in [0.5, 0.6) is 0 Å². The molecule has 2 N–H and O–H groups in total. The molecule has 16 heavy (non-hydrogen) atoms. The van der Waals surface area contributed by atoms with E-state index in [2.05, 4.69) is 12.2 Å². The number of nitrogens with one attached hydrogen (secondary N) is 1. The van der Waals surface area contributed by atoms with Crippen molar-refractivity contribution in [2.75, 3.05) is 6.54 Å². The summed E-state index contributed by atoms with van der Waals surface area (Å²) >= 11 is 0. The Morgan fingerprint density at radius 1 is 1.12 bits per heavy atom. The largest absolute Gasteiger partial charge is 0.389 e. The van der Waals surface area contributed by atoms with Crippen LogP contribution in [0.15, 0.2) is 0 Å². The minimum absolute atomic E-state index is 0.487. The molecule has 0 aromatic rings. The normalized spacial score (nSPS) is 35.4. The highest BCUT2D eigenvalue weighted by Gasteiger charge is 2.35. The van der Waals surface area contributed by atoms with Gasteiger partial charge in [0.2, 0.25) is 0 Å². The maximum Gasteiger partial charge on any atom is 0.0771 e. The molecule has 2 aliphatic carbocycles. The minimum atomic E-state index is -0.487. The van der Waals surface area contributed by atoms with Gasteiger partial charge >= 0.3 is 0 Å². The standard InChI is InChI=1S/C14H27NO/c1-11-6-5-9-13(11)15-10-14(2,16)12-7-3-4-8-12/h11-13,15-16H,3-10H2,1-2H3. The maximum absolute atomic E-state index is 10.5. The molecule has 2 nitrogen and oxygen atoms in total. The first-order valence-electron chi connectivity index (χ1n) is 7.05. The van der Waals surface area contributed by atoms with Crippen LogP contribution in [0.3, 0.4) is 0 Å². The summed E-state index contributed by atoms with van der Waals surface area (Å²) in [5.74, 6) is 1.32. The number of hydrogen-bond acceptors (Lipinski definition) is 2. The van der Waals surface area contributed by atoms with Gasteiger partial charge in [-0.25, -0.2) is 0 Å². The molecule has 2 rings (SSSR count). The van der Waals surface area contributed by atoms with Crippen LogP contribution in [0.4, 0.5) is 0 Å². The van der Waals surface area contributed by atoms with E-state index in [0.717, 1.165) is 12.5 Å². The van der Waals surface area contributed by atoms with Crippen molar-refractivity contribution in [3.63, 3.8) is 0 Å². The summed E-state index contributed by atoms with van der Waals surface area (Å²) < 4.78 is 0. The van der Waals surface area contributed by atoms with E-state index in [4.69, 9.17) is 0 Å². The fourth-order valence-electron chi connectivity index (χ4n) is 3.48. The van der Waals surface area contributed by atoms with Crippen molar-refractivity contribution >= 4 is 0 Å². The quantitative estimate of drug-likeness (QED) is 0.771. The lowest BCUT2D eigenvalue weighted by atomic mass is 9.87. The molecule has 0 saturated heterocycles. The molecular weight excluding hydrogens is 198 g/mol. The fraction of sp³-hybridized carbons (Fsp3) is 1.00. The lowest BCUT2D eigenvalue weighted by Gasteiger charge is -2.32. The average Bonchev–Trinajstić information content (AvgIpc) is 2.85. The van der Waals surface area contributed by atoms with Crippen molar-refractivity contribution in [3.05, 3.63) is 0 Å². The molecule has 0 radical (unpaired) electrons. The third-order valence-electron chi connectivity index (χ3n) is 4.82. The zero-order valence-electron chi connectivity index (χ0n) is 10.8. The lowest BCUT2D eigenvalue weighted by Crippen LogP contribution is -2.47. The number of rotatable bonds is 4. The molecule has 2 saturated carbocycles. The van der Waals surface area contributed by atoms with Gasteiger partial charge in [0.15, 0.2) is 0 Å². The first kappa shape index (κ1) is 12.4. The molecule has 3 atom stereocenters. The SMILES string of the molecule is CC1CCCC1NCC(C)(O)C1CCCC1. The molecule has 0 amide bonds. The molecule has 0 aliphatic heterocycles. The maximum atomic E-state index is 10.5. The van der Waals surface area contributed by atoms with E-state index in [1.54, 1.807) is 0 Å². The van der Waals surface area contributed by atoms with Gasteiger partial charge in [0, 0.05) is 12.6 Å². The fourth-order valence-corrected chi connectivity index (χ4v) is 3.48. The Labute approximate surface area is 99.8 Å². The van der Waals surface area contributed by atoms with Crippen molar-refractivity contribution in [2.45, 2.75) is 70.4 Å². The summed E-state index contributed by atoms with van der Waals surface area (Å²) in [7, 11) is 0. The van der Waals surface area contributed by atoms with Gasteiger partial charge in [0.25, 0.3) is 0 Å². The molecule has 3 unspecified atom stereocenters. The summed E-state index contributed by atoms with van der Waals surface area (Å²) in [5.41, 5.74) is -0.487. The zero-order valence-corrected chi connectivity index (χ0v) is 10.8. The Kier molecular flexibility index (Phi) is 3.91. The Morgan fingerprint density at radius 3 is 2.38 bits per heavy atom. The van der Waals surface area contributed by atoms with Crippen LogP contribution >= 0.6 is 0 Å². The van der Waals surface area contributed by atoms with Gasteiger partial charge in [-0.2, -0.15) is 0 Å². The summed E-state index contributed by atoms with van der Waals surface area (Å²) in [6.07, 6.45) is 9.04.